The van der Waals surface area contributed by atoms with Gasteiger partial charge >= 0.3 is 12.0 Å². The van der Waals surface area contributed by atoms with Crippen molar-refractivity contribution in [1.82, 2.24) is 10.2 Å². The van der Waals surface area contributed by atoms with Crippen molar-refractivity contribution in [2.75, 3.05) is 12.4 Å². The summed E-state index contributed by atoms with van der Waals surface area (Å²) in [4.78, 5) is 39.3. The van der Waals surface area contributed by atoms with Crippen LogP contribution in [-0.4, -0.2) is 36.0 Å². The SMILES string of the molecule is CC1=C(C(=O)OC(C)C)[C@@H](c2cccc(NC(=O)[C@@H](Cl)c3ccccc3)c2)NC(=O)N1C. The van der Waals surface area contributed by atoms with E-state index < -0.39 is 17.4 Å². The zero-order chi connectivity index (χ0) is 23.4. The maximum absolute atomic E-state index is 12.8. The summed E-state index contributed by atoms with van der Waals surface area (Å²) >= 11 is 6.32. The summed E-state index contributed by atoms with van der Waals surface area (Å²) in [6.07, 6.45) is -0.310. The van der Waals surface area contributed by atoms with Crippen LogP contribution >= 0.6 is 11.6 Å². The van der Waals surface area contributed by atoms with E-state index in [4.69, 9.17) is 16.3 Å². The minimum absolute atomic E-state index is 0.310. The van der Waals surface area contributed by atoms with Crippen LogP contribution < -0.4 is 10.6 Å². The average Bonchev–Trinajstić information content (AvgIpc) is 2.76. The summed E-state index contributed by atoms with van der Waals surface area (Å²) in [7, 11) is 1.59. The van der Waals surface area contributed by atoms with E-state index in [1.807, 2.05) is 18.2 Å². The molecule has 3 amide bonds. The minimum atomic E-state index is -0.860. The first-order valence-corrected chi connectivity index (χ1v) is 10.7. The van der Waals surface area contributed by atoms with E-state index in [0.29, 0.717) is 28.1 Å². The van der Waals surface area contributed by atoms with Gasteiger partial charge in [0.1, 0.15) is 5.38 Å². The predicted octanol–water partition coefficient (Wildman–Crippen LogP) is 4.53. The molecule has 0 fully saturated rings. The lowest BCUT2D eigenvalue weighted by Crippen LogP contribution is -2.46. The standard InChI is InChI=1S/C24H26ClN3O4/c1-14(2)32-23(30)19-15(3)28(4)24(31)27-21(19)17-11-8-12-18(13-17)26-22(29)20(25)16-9-6-5-7-10-16/h5-14,20-21H,1-4H3,(H,26,29)(H,27,31)/t20-,21+/m0/s1. The maximum Gasteiger partial charge on any atom is 0.338 e. The Balaban J connectivity index is 1.89. The molecule has 2 atom stereocenters. The van der Waals surface area contributed by atoms with Gasteiger partial charge in [0.2, 0.25) is 5.91 Å². The Bertz CT molecular complexity index is 1050. The Morgan fingerprint density at radius 1 is 1.12 bits per heavy atom. The Kier molecular flexibility index (Phi) is 7.20. The van der Waals surface area contributed by atoms with Gasteiger partial charge in [-0.15, -0.1) is 11.6 Å². The van der Waals surface area contributed by atoms with E-state index >= 15 is 0 Å². The number of nitrogens with one attached hydrogen (secondary N) is 2. The van der Waals surface area contributed by atoms with Crippen molar-refractivity contribution in [2.45, 2.75) is 38.3 Å². The van der Waals surface area contributed by atoms with Gasteiger partial charge in [0.05, 0.1) is 17.7 Å². The lowest BCUT2D eigenvalue weighted by Gasteiger charge is -2.33. The van der Waals surface area contributed by atoms with Gasteiger partial charge in [-0.05, 0) is 44.0 Å². The highest BCUT2D eigenvalue weighted by Gasteiger charge is 2.35. The Morgan fingerprint density at radius 3 is 2.47 bits per heavy atom. The molecule has 32 heavy (non-hydrogen) atoms. The highest BCUT2D eigenvalue weighted by atomic mass is 35.5. The second kappa shape index (κ2) is 9.87. The quantitative estimate of drug-likeness (QED) is 0.495. The second-order valence-electron chi connectivity index (χ2n) is 7.78. The number of anilines is 1. The fourth-order valence-electron chi connectivity index (χ4n) is 3.40. The molecule has 7 nitrogen and oxygen atoms in total. The number of rotatable bonds is 6. The molecule has 2 N–H and O–H groups in total. The highest BCUT2D eigenvalue weighted by molar-refractivity contribution is 6.32. The number of carbonyl (C=O) groups is 3. The van der Waals surface area contributed by atoms with Crippen molar-refractivity contribution in [1.29, 1.82) is 0 Å². The molecule has 168 valence electrons. The van der Waals surface area contributed by atoms with Crippen molar-refractivity contribution < 1.29 is 19.1 Å². The van der Waals surface area contributed by atoms with Gasteiger partial charge in [-0.2, -0.15) is 0 Å². The first kappa shape index (κ1) is 23.3. The zero-order valence-electron chi connectivity index (χ0n) is 18.4. The number of alkyl halides is 1. The van der Waals surface area contributed by atoms with Gasteiger partial charge in [0.15, 0.2) is 0 Å². The van der Waals surface area contributed by atoms with Crippen LogP contribution in [-0.2, 0) is 14.3 Å². The fourth-order valence-corrected chi connectivity index (χ4v) is 3.60. The lowest BCUT2D eigenvalue weighted by molar-refractivity contribution is -0.143. The topological polar surface area (TPSA) is 87.7 Å². The monoisotopic (exact) mass is 455 g/mol. The van der Waals surface area contributed by atoms with Gasteiger partial charge in [-0.25, -0.2) is 9.59 Å². The van der Waals surface area contributed by atoms with E-state index in [2.05, 4.69) is 10.6 Å². The van der Waals surface area contributed by atoms with Gasteiger partial charge in [-0.1, -0.05) is 42.5 Å². The van der Waals surface area contributed by atoms with Crippen LogP contribution in [0.15, 0.2) is 65.9 Å². The molecule has 0 radical (unpaired) electrons. The molecule has 0 saturated carbocycles. The Labute approximate surface area is 192 Å². The van der Waals surface area contributed by atoms with Crippen LogP contribution in [0.4, 0.5) is 10.5 Å². The number of halogens is 1. The van der Waals surface area contributed by atoms with Crippen LogP contribution in [0.5, 0.6) is 0 Å². The number of esters is 1. The number of hydrogen-bond donors (Lipinski definition) is 2. The Morgan fingerprint density at radius 2 is 1.81 bits per heavy atom. The first-order valence-electron chi connectivity index (χ1n) is 10.2. The molecule has 1 aliphatic heterocycles. The van der Waals surface area contributed by atoms with Crippen LogP contribution in [0.1, 0.15) is 43.3 Å². The summed E-state index contributed by atoms with van der Waals surface area (Å²) in [5.74, 6) is -0.887. The number of hydrogen-bond acceptors (Lipinski definition) is 4. The molecule has 3 rings (SSSR count). The number of allylic oxidation sites excluding steroid dienone is 1. The van der Waals surface area contributed by atoms with Crippen molar-refractivity contribution >= 4 is 35.2 Å². The third kappa shape index (κ3) is 5.11. The molecule has 2 aromatic carbocycles. The molecule has 8 heteroatoms. The highest BCUT2D eigenvalue weighted by Crippen LogP contribution is 2.32. The molecule has 0 bridgehead atoms. The van der Waals surface area contributed by atoms with Crippen molar-refractivity contribution in [3.8, 4) is 0 Å². The molecule has 0 spiro atoms. The number of nitrogens with zero attached hydrogens (tertiary/aromatic N) is 1. The van der Waals surface area contributed by atoms with Gasteiger partial charge < -0.3 is 20.3 Å². The number of ether oxygens (including phenoxy) is 1. The van der Waals surface area contributed by atoms with Gasteiger partial charge in [-0.3, -0.25) is 4.79 Å². The predicted molar refractivity (Wildman–Crippen MR) is 123 cm³/mol. The fraction of sp³-hybridized carbons (Fsp3) is 0.292. The summed E-state index contributed by atoms with van der Waals surface area (Å²) in [5.41, 5.74) is 2.65. The number of benzene rings is 2. The van der Waals surface area contributed by atoms with Crippen LogP contribution in [0.3, 0.4) is 0 Å². The molecular formula is C24H26ClN3O4. The maximum atomic E-state index is 12.8. The van der Waals surface area contributed by atoms with Gasteiger partial charge in [0, 0.05) is 18.4 Å². The van der Waals surface area contributed by atoms with Gasteiger partial charge in [0.25, 0.3) is 0 Å². The lowest BCUT2D eigenvalue weighted by atomic mass is 9.94. The molecule has 0 unspecified atom stereocenters. The van der Waals surface area contributed by atoms with Crippen molar-refractivity contribution in [3.63, 3.8) is 0 Å². The minimum Gasteiger partial charge on any atom is -0.459 e. The molecule has 2 aromatic rings. The largest absolute Gasteiger partial charge is 0.459 e. The zero-order valence-corrected chi connectivity index (χ0v) is 19.1. The third-order valence-electron chi connectivity index (χ3n) is 5.13. The Hall–Kier alpha value is -3.32. The van der Waals surface area contributed by atoms with E-state index in [-0.39, 0.29) is 18.0 Å². The van der Waals surface area contributed by atoms with E-state index in [0.717, 1.165) is 0 Å². The van der Waals surface area contributed by atoms with E-state index in [1.54, 1.807) is 64.2 Å². The number of carbonyl (C=O) groups excluding carboxylic acids is 3. The summed E-state index contributed by atoms with van der Waals surface area (Å²) in [5, 5.41) is 4.78. The number of amides is 3. The van der Waals surface area contributed by atoms with Crippen LogP contribution in [0.2, 0.25) is 0 Å². The molecular weight excluding hydrogens is 430 g/mol. The molecule has 0 aliphatic carbocycles. The van der Waals surface area contributed by atoms with E-state index in [9.17, 15) is 14.4 Å². The smallest absolute Gasteiger partial charge is 0.338 e. The molecule has 0 aromatic heterocycles. The summed E-state index contributed by atoms with van der Waals surface area (Å²) < 4.78 is 5.41. The number of urea groups is 1. The summed E-state index contributed by atoms with van der Waals surface area (Å²) in [6, 6.07) is 14.9. The molecule has 1 aliphatic rings. The third-order valence-corrected chi connectivity index (χ3v) is 5.58. The van der Waals surface area contributed by atoms with Crippen LogP contribution in [0.25, 0.3) is 0 Å². The second-order valence-corrected chi connectivity index (χ2v) is 8.22. The first-order chi connectivity index (χ1) is 15.2. The average molecular weight is 456 g/mol. The van der Waals surface area contributed by atoms with E-state index in [1.165, 1.54) is 4.90 Å². The van der Waals surface area contributed by atoms with Crippen molar-refractivity contribution in [2.24, 2.45) is 0 Å². The normalized spacial score (nSPS) is 17.1. The van der Waals surface area contributed by atoms with Crippen molar-refractivity contribution in [3.05, 3.63) is 77.0 Å². The summed E-state index contributed by atoms with van der Waals surface area (Å²) in [6.45, 7) is 5.23. The van der Waals surface area contributed by atoms with Crippen LogP contribution in [0, 0.1) is 0 Å². The molecule has 0 saturated heterocycles. The molecule has 1 heterocycles.